The van der Waals surface area contributed by atoms with Crippen molar-refractivity contribution in [2.24, 2.45) is 0 Å². The molecule has 0 bridgehead atoms. The molecule has 5 nitrogen and oxygen atoms in total. The highest BCUT2D eigenvalue weighted by molar-refractivity contribution is 6.02. The molecule has 170 valence electrons. The lowest BCUT2D eigenvalue weighted by Crippen LogP contribution is -2.63. The van der Waals surface area contributed by atoms with Crippen molar-refractivity contribution in [1.82, 2.24) is 10.2 Å². The Labute approximate surface area is 188 Å². The summed E-state index contributed by atoms with van der Waals surface area (Å²) < 4.78 is 18.8. The van der Waals surface area contributed by atoms with Crippen molar-refractivity contribution >= 4 is 11.8 Å². The van der Waals surface area contributed by atoms with Crippen molar-refractivity contribution in [2.45, 2.75) is 50.0 Å². The van der Waals surface area contributed by atoms with E-state index in [2.05, 4.69) is 5.32 Å². The Balaban J connectivity index is 1.64. The second-order valence-corrected chi connectivity index (χ2v) is 8.81. The van der Waals surface area contributed by atoms with Gasteiger partial charge < -0.3 is 15.0 Å². The first-order valence-corrected chi connectivity index (χ1v) is 11.5. The smallest absolute Gasteiger partial charge is 0.254 e. The number of methoxy groups -OCH3 is 1. The van der Waals surface area contributed by atoms with Crippen molar-refractivity contribution < 1.29 is 18.7 Å². The third-order valence-electron chi connectivity index (χ3n) is 6.92. The minimum Gasteiger partial charge on any atom is -0.383 e. The quantitative estimate of drug-likeness (QED) is 0.709. The van der Waals surface area contributed by atoms with Gasteiger partial charge in [-0.1, -0.05) is 49.6 Å². The second-order valence-electron chi connectivity index (χ2n) is 8.81. The van der Waals surface area contributed by atoms with Crippen LogP contribution in [0.5, 0.6) is 0 Å². The summed E-state index contributed by atoms with van der Waals surface area (Å²) in [5.74, 6) is -0.779. The molecular formula is C26H31FN2O3. The van der Waals surface area contributed by atoms with Crippen LogP contribution in [0.1, 0.15) is 59.5 Å². The SMILES string of the molecule is COCCN1C(=O)c2ccccc2[C@H](C(=O)NCCc2cccc(F)c2)C12CCCCC2. The molecule has 1 spiro atoms. The van der Waals surface area contributed by atoms with Crippen LogP contribution in [0.2, 0.25) is 0 Å². The number of carbonyl (C=O) groups excluding carboxylic acids is 2. The number of amides is 2. The van der Waals surface area contributed by atoms with Gasteiger partial charge in [0.1, 0.15) is 5.82 Å². The largest absolute Gasteiger partial charge is 0.383 e. The molecule has 2 aromatic rings. The molecule has 1 aliphatic heterocycles. The summed E-state index contributed by atoms with van der Waals surface area (Å²) in [5, 5.41) is 3.09. The minimum absolute atomic E-state index is 0.0108. The normalized spacial score (nSPS) is 19.6. The van der Waals surface area contributed by atoms with Crippen molar-refractivity contribution in [1.29, 1.82) is 0 Å². The first-order chi connectivity index (χ1) is 15.6. The Morgan fingerprint density at radius 3 is 2.69 bits per heavy atom. The van der Waals surface area contributed by atoms with E-state index in [4.69, 9.17) is 4.74 Å². The second kappa shape index (κ2) is 9.82. The van der Waals surface area contributed by atoms with Crippen LogP contribution in [0.4, 0.5) is 4.39 Å². The lowest BCUT2D eigenvalue weighted by Gasteiger charge is -2.53. The van der Waals surface area contributed by atoms with Crippen molar-refractivity contribution in [3.05, 3.63) is 71.0 Å². The van der Waals surface area contributed by atoms with E-state index in [9.17, 15) is 14.0 Å². The number of carbonyl (C=O) groups is 2. The first kappa shape index (κ1) is 22.5. The Kier molecular flexibility index (Phi) is 6.89. The van der Waals surface area contributed by atoms with E-state index < -0.39 is 11.5 Å². The van der Waals surface area contributed by atoms with Gasteiger partial charge in [0, 0.05) is 25.8 Å². The predicted octanol–water partition coefficient (Wildman–Crippen LogP) is 4.07. The number of halogens is 1. The van der Waals surface area contributed by atoms with Gasteiger partial charge in [-0.2, -0.15) is 0 Å². The van der Waals surface area contributed by atoms with Crippen LogP contribution in [0, 0.1) is 5.82 Å². The molecule has 1 heterocycles. The molecule has 6 heteroatoms. The molecule has 2 amide bonds. The van der Waals surface area contributed by atoms with E-state index in [-0.39, 0.29) is 17.6 Å². The zero-order valence-corrected chi connectivity index (χ0v) is 18.6. The molecule has 1 N–H and O–H groups in total. The summed E-state index contributed by atoms with van der Waals surface area (Å²) in [6.45, 7) is 1.32. The zero-order chi connectivity index (χ0) is 22.6. The molecule has 0 saturated heterocycles. The highest BCUT2D eigenvalue weighted by Gasteiger charge is 2.54. The minimum atomic E-state index is -0.537. The van der Waals surface area contributed by atoms with Crippen LogP contribution in [0.15, 0.2) is 48.5 Å². The zero-order valence-electron chi connectivity index (χ0n) is 18.6. The summed E-state index contributed by atoms with van der Waals surface area (Å²) >= 11 is 0. The van der Waals surface area contributed by atoms with Crippen LogP contribution in [0.25, 0.3) is 0 Å². The molecule has 1 atom stereocenters. The summed E-state index contributed by atoms with van der Waals surface area (Å²) in [7, 11) is 1.63. The predicted molar refractivity (Wildman–Crippen MR) is 121 cm³/mol. The molecule has 1 aliphatic carbocycles. The molecular weight excluding hydrogens is 407 g/mol. The number of ether oxygens (including phenoxy) is 1. The number of benzene rings is 2. The fraction of sp³-hybridized carbons (Fsp3) is 0.462. The maximum atomic E-state index is 13.7. The van der Waals surface area contributed by atoms with Crippen molar-refractivity contribution in [3.63, 3.8) is 0 Å². The van der Waals surface area contributed by atoms with Crippen LogP contribution >= 0.6 is 0 Å². The lowest BCUT2D eigenvalue weighted by atomic mass is 9.65. The maximum absolute atomic E-state index is 13.7. The third-order valence-corrected chi connectivity index (χ3v) is 6.92. The topological polar surface area (TPSA) is 58.6 Å². The van der Waals surface area contributed by atoms with E-state index in [0.717, 1.165) is 43.2 Å². The monoisotopic (exact) mass is 438 g/mol. The van der Waals surface area contributed by atoms with Gasteiger partial charge in [-0.05, 0) is 48.6 Å². The molecule has 1 saturated carbocycles. The Morgan fingerprint density at radius 2 is 1.94 bits per heavy atom. The van der Waals surface area contributed by atoms with Gasteiger partial charge in [-0.15, -0.1) is 0 Å². The van der Waals surface area contributed by atoms with E-state index >= 15 is 0 Å². The van der Waals surface area contributed by atoms with Gasteiger partial charge in [0.15, 0.2) is 0 Å². The van der Waals surface area contributed by atoms with E-state index in [1.54, 1.807) is 13.2 Å². The number of nitrogens with zero attached hydrogens (tertiary/aromatic N) is 1. The van der Waals surface area contributed by atoms with Gasteiger partial charge >= 0.3 is 0 Å². The number of hydrogen-bond acceptors (Lipinski definition) is 3. The van der Waals surface area contributed by atoms with E-state index in [0.29, 0.717) is 31.7 Å². The summed E-state index contributed by atoms with van der Waals surface area (Å²) in [4.78, 5) is 29.1. The number of rotatable bonds is 7. The van der Waals surface area contributed by atoms with E-state index in [1.165, 1.54) is 12.1 Å². The van der Waals surface area contributed by atoms with Crippen LogP contribution in [-0.4, -0.2) is 49.1 Å². The highest BCUT2D eigenvalue weighted by atomic mass is 19.1. The summed E-state index contributed by atoms with van der Waals surface area (Å²) in [5.41, 5.74) is 1.73. The Morgan fingerprint density at radius 1 is 1.16 bits per heavy atom. The van der Waals surface area contributed by atoms with Gasteiger partial charge in [0.05, 0.1) is 18.1 Å². The lowest BCUT2D eigenvalue weighted by molar-refractivity contribution is -0.127. The summed E-state index contributed by atoms with van der Waals surface area (Å²) in [6.07, 6.45) is 5.26. The molecule has 0 aromatic heterocycles. The van der Waals surface area contributed by atoms with Crippen LogP contribution in [-0.2, 0) is 16.0 Å². The fourth-order valence-corrected chi connectivity index (χ4v) is 5.48. The number of nitrogens with one attached hydrogen (secondary N) is 1. The Bertz CT molecular complexity index is 971. The number of fused-ring (bicyclic) bond motifs is 1. The molecule has 2 aliphatic rings. The fourth-order valence-electron chi connectivity index (χ4n) is 5.48. The number of hydrogen-bond donors (Lipinski definition) is 1. The maximum Gasteiger partial charge on any atom is 0.254 e. The van der Waals surface area contributed by atoms with Gasteiger partial charge in [0.25, 0.3) is 5.91 Å². The summed E-state index contributed by atoms with van der Waals surface area (Å²) in [6, 6.07) is 14.0. The molecule has 2 aromatic carbocycles. The molecule has 32 heavy (non-hydrogen) atoms. The van der Waals surface area contributed by atoms with Crippen LogP contribution < -0.4 is 5.32 Å². The van der Waals surface area contributed by atoms with Gasteiger partial charge in [0.2, 0.25) is 5.91 Å². The Hall–Kier alpha value is -2.73. The highest BCUT2D eigenvalue weighted by Crippen LogP contribution is 2.49. The third kappa shape index (κ3) is 4.29. The van der Waals surface area contributed by atoms with Crippen molar-refractivity contribution in [3.8, 4) is 0 Å². The van der Waals surface area contributed by atoms with Crippen molar-refractivity contribution in [2.75, 3.05) is 26.8 Å². The molecule has 0 radical (unpaired) electrons. The molecule has 1 fully saturated rings. The first-order valence-electron chi connectivity index (χ1n) is 11.5. The standard InChI is InChI=1S/C26H31FN2O3/c1-32-17-16-29-25(31)22-11-4-3-10-21(22)23(26(29)13-5-2-6-14-26)24(30)28-15-12-19-8-7-9-20(27)18-19/h3-4,7-11,18,23H,2,5-6,12-17H2,1H3,(H,28,30)/t23-/m1/s1. The van der Waals surface area contributed by atoms with Gasteiger partial charge in [-0.3, -0.25) is 9.59 Å². The average Bonchev–Trinajstić information content (AvgIpc) is 2.80. The van der Waals surface area contributed by atoms with Gasteiger partial charge in [-0.25, -0.2) is 4.39 Å². The molecule has 4 rings (SSSR count). The van der Waals surface area contributed by atoms with Crippen LogP contribution in [0.3, 0.4) is 0 Å². The molecule has 0 unspecified atom stereocenters. The average molecular weight is 439 g/mol. The van der Waals surface area contributed by atoms with E-state index in [1.807, 2.05) is 35.2 Å².